The molecule has 108 valence electrons. The van der Waals surface area contributed by atoms with Crippen molar-refractivity contribution in [3.05, 3.63) is 30.5 Å². The second-order valence-electron chi connectivity index (χ2n) is 4.19. The van der Waals surface area contributed by atoms with Crippen LogP contribution in [0.15, 0.2) is 30.5 Å². The van der Waals surface area contributed by atoms with E-state index in [0.717, 1.165) is 10.9 Å². The van der Waals surface area contributed by atoms with E-state index < -0.39 is 7.60 Å². The third-order valence-electron chi connectivity index (χ3n) is 2.85. The Morgan fingerprint density at radius 1 is 1.25 bits per heavy atom. The highest BCUT2D eigenvalue weighted by Crippen LogP contribution is 2.45. The quantitative estimate of drug-likeness (QED) is 0.795. The summed E-state index contributed by atoms with van der Waals surface area (Å²) in [6.07, 6.45) is 1.53. The molecule has 0 fully saturated rings. The molecule has 0 aliphatic carbocycles. The number of hydrogen-bond donors (Lipinski definition) is 1. The summed E-state index contributed by atoms with van der Waals surface area (Å²) in [6, 6.07) is 7.36. The molecule has 2 aromatic rings. The highest BCUT2D eigenvalue weighted by molar-refractivity contribution is 7.54. The topological polar surface area (TPSA) is 77.6 Å². The Hall–Kier alpha value is -1.62. The van der Waals surface area contributed by atoms with Crippen molar-refractivity contribution >= 4 is 24.3 Å². The number of H-pyrrole nitrogens is 1. The number of ketones is 1. The lowest BCUT2D eigenvalue weighted by molar-refractivity contribution is -0.118. The van der Waals surface area contributed by atoms with Crippen molar-refractivity contribution in [2.45, 2.75) is 0 Å². The van der Waals surface area contributed by atoms with Crippen LogP contribution in [0.5, 0.6) is 5.75 Å². The zero-order chi connectivity index (χ0) is 14.6. The zero-order valence-corrected chi connectivity index (χ0v) is 12.2. The minimum Gasteiger partial charge on any atom is -0.486 e. The largest absolute Gasteiger partial charge is 0.486 e. The molecular weight excluding hydrogens is 281 g/mol. The van der Waals surface area contributed by atoms with Crippen LogP contribution in [0.4, 0.5) is 0 Å². The number of aromatic amines is 1. The third-order valence-corrected chi connectivity index (χ3v) is 4.70. The normalized spacial score (nSPS) is 11.7. The van der Waals surface area contributed by atoms with Crippen molar-refractivity contribution < 1.29 is 23.1 Å². The first-order valence-electron chi connectivity index (χ1n) is 5.98. The van der Waals surface area contributed by atoms with Crippen molar-refractivity contribution in [1.82, 2.24) is 4.98 Å². The van der Waals surface area contributed by atoms with Gasteiger partial charge in [-0.1, -0.05) is 0 Å². The fourth-order valence-corrected chi connectivity index (χ4v) is 2.68. The number of hydrogen-bond acceptors (Lipinski definition) is 5. The maximum Gasteiger partial charge on any atom is 0.337 e. The molecule has 1 heterocycles. The number of fused-ring (bicyclic) bond motifs is 1. The van der Waals surface area contributed by atoms with Crippen molar-refractivity contribution in [2.24, 2.45) is 0 Å². The van der Waals surface area contributed by atoms with E-state index in [1.165, 1.54) is 14.2 Å². The summed E-state index contributed by atoms with van der Waals surface area (Å²) in [5.41, 5.74) is 0.993. The molecule has 0 radical (unpaired) electrons. The molecule has 0 saturated heterocycles. The highest BCUT2D eigenvalue weighted by Gasteiger charge is 2.25. The maximum atomic E-state index is 11.8. The van der Waals surface area contributed by atoms with Crippen LogP contribution < -0.4 is 4.74 Å². The molecule has 6 nitrogen and oxygen atoms in total. The number of carbonyl (C=O) groups excluding carboxylic acids is 1. The van der Waals surface area contributed by atoms with Gasteiger partial charge in [0.25, 0.3) is 0 Å². The van der Waals surface area contributed by atoms with Gasteiger partial charge in [-0.2, -0.15) is 0 Å². The van der Waals surface area contributed by atoms with E-state index >= 15 is 0 Å². The Kier molecular flexibility index (Phi) is 4.60. The molecule has 0 bridgehead atoms. The molecule has 0 saturated carbocycles. The monoisotopic (exact) mass is 297 g/mol. The van der Waals surface area contributed by atoms with Gasteiger partial charge >= 0.3 is 7.60 Å². The Bertz CT molecular complexity index is 643. The summed E-state index contributed by atoms with van der Waals surface area (Å²) in [4.78, 5) is 14.8. The Morgan fingerprint density at radius 3 is 2.70 bits per heavy atom. The van der Waals surface area contributed by atoms with Crippen LogP contribution in [-0.4, -0.2) is 37.8 Å². The molecule has 1 aromatic heterocycles. The molecule has 0 atom stereocenters. The number of rotatable bonds is 7. The minimum atomic E-state index is -3.32. The molecule has 0 aliphatic heterocycles. The van der Waals surface area contributed by atoms with Gasteiger partial charge in [-0.3, -0.25) is 9.36 Å². The summed E-state index contributed by atoms with van der Waals surface area (Å²) >= 11 is 0. The molecule has 0 amide bonds. The van der Waals surface area contributed by atoms with E-state index in [-0.39, 0.29) is 18.6 Å². The van der Waals surface area contributed by atoms with Crippen molar-refractivity contribution in [2.75, 3.05) is 27.0 Å². The minimum absolute atomic E-state index is 0.174. The smallest absolute Gasteiger partial charge is 0.337 e. The predicted molar refractivity (Wildman–Crippen MR) is 75.3 cm³/mol. The first-order chi connectivity index (χ1) is 9.56. The van der Waals surface area contributed by atoms with Crippen LogP contribution in [0.3, 0.4) is 0 Å². The lowest BCUT2D eigenvalue weighted by Crippen LogP contribution is -2.16. The van der Waals surface area contributed by atoms with Crippen molar-refractivity contribution in [3.63, 3.8) is 0 Å². The van der Waals surface area contributed by atoms with Crippen molar-refractivity contribution in [1.29, 1.82) is 0 Å². The lowest BCUT2D eigenvalue weighted by Gasteiger charge is -2.12. The van der Waals surface area contributed by atoms with Gasteiger partial charge in [0.2, 0.25) is 0 Å². The molecule has 20 heavy (non-hydrogen) atoms. The van der Waals surface area contributed by atoms with Crippen LogP contribution >= 0.6 is 7.60 Å². The highest BCUT2D eigenvalue weighted by atomic mass is 31.2. The number of Topliss-reactive ketones (excluding diaryl/α,β-unsaturated/α-hetero) is 1. The van der Waals surface area contributed by atoms with E-state index in [1.807, 2.05) is 24.4 Å². The zero-order valence-electron chi connectivity index (χ0n) is 11.3. The first-order valence-corrected chi connectivity index (χ1v) is 7.71. The second-order valence-corrected chi connectivity index (χ2v) is 6.46. The Morgan fingerprint density at radius 2 is 2.00 bits per heavy atom. The molecule has 1 aromatic carbocycles. The number of aromatic nitrogens is 1. The van der Waals surface area contributed by atoms with Crippen LogP contribution in [0, 0.1) is 0 Å². The van der Waals surface area contributed by atoms with E-state index in [2.05, 4.69) is 4.98 Å². The predicted octanol–water partition coefficient (Wildman–Crippen LogP) is 2.60. The molecule has 2 rings (SSSR count). The number of nitrogens with one attached hydrogen (secondary N) is 1. The lowest BCUT2D eigenvalue weighted by atomic mass is 10.2. The summed E-state index contributed by atoms with van der Waals surface area (Å²) in [6.45, 7) is -0.174. The van der Waals surface area contributed by atoms with Gasteiger partial charge in [0, 0.05) is 31.3 Å². The maximum absolute atomic E-state index is 11.8. The average molecular weight is 297 g/mol. The molecular formula is C13H16NO5P. The van der Waals surface area contributed by atoms with Gasteiger partial charge in [-0.05, 0) is 24.3 Å². The summed E-state index contributed by atoms with van der Waals surface area (Å²) < 4.78 is 26.6. The number of ether oxygens (including phenoxy) is 1. The molecule has 0 unspecified atom stereocenters. The Labute approximate surface area is 116 Å². The van der Waals surface area contributed by atoms with E-state index in [0.29, 0.717) is 5.75 Å². The van der Waals surface area contributed by atoms with Crippen LogP contribution in [-0.2, 0) is 18.4 Å². The van der Waals surface area contributed by atoms with Gasteiger partial charge in [-0.25, -0.2) is 0 Å². The number of carbonyl (C=O) groups is 1. The second kappa shape index (κ2) is 6.22. The van der Waals surface area contributed by atoms with Gasteiger partial charge < -0.3 is 18.8 Å². The van der Waals surface area contributed by atoms with Crippen LogP contribution in [0.1, 0.15) is 0 Å². The SMILES string of the molecule is COP(=O)(CC(=O)COc1ccc2[nH]ccc2c1)OC. The molecule has 1 N–H and O–H groups in total. The number of benzene rings is 1. The van der Waals surface area contributed by atoms with E-state index in [4.69, 9.17) is 13.8 Å². The third kappa shape index (κ3) is 3.48. The average Bonchev–Trinajstić information content (AvgIpc) is 2.92. The molecule has 0 aliphatic rings. The molecule has 0 spiro atoms. The first kappa shape index (κ1) is 14.8. The van der Waals surface area contributed by atoms with Crippen LogP contribution in [0.25, 0.3) is 10.9 Å². The van der Waals surface area contributed by atoms with Crippen molar-refractivity contribution in [3.8, 4) is 5.75 Å². The van der Waals surface area contributed by atoms with Gasteiger partial charge in [-0.15, -0.1) is 0 Å². The van der Waals surface area contributed by atoms with Gasteiger partial charge in [0.15, 0.2) is 5.78 Å². The fourth-order valence-electron chi connectivity index (χ4n) is 1.75. The fraction of sp³-hybridized carbons (Fsp3) is 0.308. The van der Waals surface area contributed by atoms with E-state index in [9.17, 15) is 9.36 Å². The van der Waals surface area contributed by atoms with Gasteiger partial charge in [0.05, 0.1) is 0 Å². The standard InChI is InChI=1S/C13H16NO5P/c1-17-20(16,18-2)9-11(15)8-19-12-3-4-13-10(7-12)5-6-14-13/h3-7,14H,8-9H2,1-2H3. The Balaban J connectivity index is 1.94. The summed E-state index contributed by atoms with van der Waals surface area (Å²) in [5.74, 6) is 0.237. The molecule has 7 heteroatoms. The summed E-state index contributed by atoms with van der Waals surface area (Å²) in [5, 5.41) is 0.995. The van der Waals surface area contributed by atoms with Gasteiger partial charge in [0.1, 0.15) is 18.5 Å². The summed E-state index contributed by atoms with van der Waals surface area (Å²) in [7, 11) is -0.826. The van der Waals surface area contributed by atoms with E-state index in [1.54, 1.807) is 6.07 Å². The van der Waals surface area contributed by atoms with Crippen LogP contribution in [0.2, 0.25) is 0 Å².